The van der Waals surface area contributed by atoms with Gasteiger partial charge in [0.2, 0.25) is 0 Å². The second-order valence-corrected chi connectivity index (χ2v) is 4.08. The molecule has 2 rings (SSSR count). The van der Waals surface area contributed by atoms with Gasteiger partial charge in [-0.2, -0.15) is 0 Å². The predicted octanol–water partition coefficient (Wildman–Crippen LogP) is 1.94. The number of benzene rings is 1. The molecule has 1 aliphatic rings. The summed E-state index contributed by atoms with van der Waals surface area (Å²) in [6, 6.07) is 6.16. The normalized spacial score (nSPS) is 19.7. The average molecular weight is 199 g/mol. The molecule has 3 heteroatoms. The van der Waals surface area contributed by atoms with Crippen molar-refractivity contribution in [1.82, 2.24) is 5.23 Å². The van der Waals surface area contributed by atoms with Gasteiger partial charge >= 0.3 is 0 Å². The first-order valence-electron chi connectivity index (χ1n) is 5.32. The van der Waals surface area contributed by atoms with Crippen LogP contribution in [-0.2, 0) is 6.42 Å². The summed E-state index contributed by atoms with van der Waals surface area (Å²) in [4.78, 5) is 11.2. The smallest absolute Gasteiger partial charge is 0.178 e. The molecule has 76 valence electrons. The Hall–Kier alpha value is -1.09. The molecule has 0 fully saturated rings. The van der Waals surface area contributed by atoms with Crippen molar-refractivity contribution in [2.45, 2.75) is 32.2 Å². The van der Waals surface area contributed by atoms with Gasteiger partial charge in [-0.15, -0.1) is 0 Å². The van der Waals surface area contributed by atoms with E-state index >= 15 is 0 Å². The van der Waals surface area contributed by atoms with E-state index in [0.717, 1.165) is 24.8 Å². The Morgan fingerprint density at radius 1 is 1.53 bits per heavy atom. The van der Waals surface area contributed by atoms with Gasteiger partial charge in [-0.3, -0.25) is 4.79 Å². The van der Waals surface area contributed by atoms with Gasteiger partial charge in [0.25, 0.3) is 0 Å². The molecule has 1 aromatic carbocycles. The fourth-order valence-corrected chi connectivity index (χ4v) is 2.21. The van der Waals surface area contributed by atoms with Crippen LogP contribution >= 0.6 is 0 Å². The van der Waals surface area contributed by atoms with Crippen molar-refractivity contribution < 1.29 is 4.79 Å². The van der Waals surface area contributed by atoms with Crippen LogP contribution < -0.4 is 5.23 Å². The molecule has 0 heterocycles. The van der Waals surface area contributed by atoms with Crippen LogP contribution in [0, 0.1) is 0 Å². The Kier molecular flexibility index (Phi) is 2.92. The van der Waals surface area contributed by atoms with Gasteiger partial charge in [-0.25, -0.2) is 0 Å². The third kappa shape index (κ3) is 1.97. The number of rotatable bonds is 2. The van der Waals surface area contributed by atoms with Crippen molar-refractivity contribution in [2.75, 3.05) is 0 Å². The zero-order valence-corrected chi connectivity index (χ0v) is 8.92. The van der Waals surface area contributed by atoms with Gasteiger partial charge in [-0.05, 0) is 43.4 Å². The number of aryl methyl sites for hydroxylation is 1. The van der Waals surface area contributed by atoms with Gasteiger partial charge in [0.1, 0.15) is 0 Å². The average Bonchev–Trinajstić information content (AvgIpc) is 2.27. The minimum Gasteiger partial charge on any atom is -0.360 e. The summed E-state index contributed by atoms with van der Waals surface area (Å²) in [5, 5.41) is 2.82. The fraction of sp³-hybridized carbons (Fsp3) is 0.417. The van der Waals surface area contributed by atoms with Crippen LogP contribution in [0.2, 0.25) is 0 Å². The van der Waals surface area contributed by atoms with Crippen LogP contribution in [0.3, 0.4) is 0 Å². The number of ketones is 1. The summed E-state index contributed by atoms with van der Waals surface area (Å²) in [5.74, 6) is 0.126. The van der Waals surface area contributed by atoms with Crippen molar-refractivity contribution in [3.05, 3.63) is 34.9 Å². The second-order valence-electron chi connectivity index (χ2n) is 4.08. The molecule has 1 aromatic rings. The largest absolute Gasteiger partial charge is 0.360 e. The highest BCUT2D eigenvalue weighted by Gasteiger charge is 2.18. The van der Waals surface area contributed by atoms with Gasteiger partial charge in [0, 0.05) is 11.6 Å². The zero-order valence-electron chi connectivity index (χ0n) is 8.92. The van der Waals surface area contributed by atoms with Crippen LogP contribution in [0.4, 0.5) is 0 Å². The van der Waals surface area contributed by atoms with Gasteiger partial charge < -0.3 is 5.23 Å². The highest BCUT2D eigenvalue weighted by molar-refractivity contribution is 6.04. The van der Waals surface area contributed by atoms with E-state index in [1.807, 2.05) is 18.2 Å². The lowest BCUT2D eigenvalue weighted by atomic mass is 9.85. The second kappa shape index (κ2) is 4.19. The molecule has 0 saturated heterocycles. The highest BCUT2D eigenvalue weighted by Crippen LogP contribution is 2.29. The lowest BCUT2D eigenvalue weighted by molar-refractivity contribution is 0.101. The standard InChI is InChI=1S/C12H14BNO/c1-8(15)9-5-6-11-10(7-9)3-2-4-12(11)14-13/h5-7,12,14H,2-4H2,1H3/t12-/m1/s1. The first-order valence-corrected chi connectivity index (χ1v) is 5.32. The van der Waals surface area contributed by atoms with Gasteiger partial charge in [-0.1, -0.05) is 12.1 Å². The van der Waals surface area contributed by atoms with Gasteiger partial charge in [0.05, 0.1) is 0 Å². The molecule has 15 heavy (non-hydrogen) atoms. The highest BCUT2D eigenvalue weighted by atomic mass is 16.1. The Balaban J connectivity index is 2.40. The molecular weight excluding hydrogens is 185 g/mol. The lowest BCUT2D eigenvalue weighted by Gasteiger charge is -2.25. The molecule has 0 unspecified atom stereocenters. The third-order valence-electron chi connectivity index (χ3n) is 3.07. The van der Waals surface area contributed by atoms with E-state index in [-0.39, 0.29) is 11.8 Å². The molecule has 2 radical (unpaired) electrons. The van der Waals surface area contributed by atoms with E-state index in [2.05, 4.69) is 5.23 Å². The van der Waals surface area contributed by atoms with Crippen LogP contribution in [-0.4, -0.2) is 13.8 Å². The molecule has 1 atom stereocenters. The van der Waals surface area contributed by atoms with Crippen LogP contribution in [0.25, 0.3) is 0 Å². The summed E-state index contributed by atoms with van der Waals surface area (Å²) in [7, 11) is 5.50. The number of hydrogen-bond donors (Lipinski definition) is 1. The molecule has 0 aromatic heterocycles. The van der Waals surface area contributed by atoms with Crippen molar-refractivity contribution in [1.29, 1.82) is 0 Å². The van der Waals surface area contributed by atoms with Crippen molar-refractivity contribution in [3.8, 4) is 0 Å². The molecule has 1 N–H and O–H groups in total. The van der Waals surface area contributed by atoms with E-state index in [1.54, 1.807) is 6.92 Å². The van der Waals surface area contributed by atoms with Crippen molar-refractivity contribution in [3.63, 3.8) is 0 Å². The topological polar surface area (TPSA) is 29.1 Å². The summed E-state index contributed by atoms with van der Waals surface area (Å²) in [5.41, 5.74) is 3.30. The Labute approximate surface area is 91.5 Å². The van der Waals surface area contributed by atoms with Gasteiger partial charge in [0.15, 0.2) is 13.8 Å². The molecular formula is C12H14BNO. The minimum atomic E-state index is 0.126. The maximum atomic E-state index is 11.2. The number of hydrogen-bond acceptors (Lipinski definition) is 2. The minimum absolute atomic E-state index is 0.126. The number of carbonyl (C=O) groups is 1. The van der Waals surface area contributed by atoms with Crippen LogP contribution in [0.1, 0.15) is 47.3 Å². The lowest BCUT2D eigenvalue weighted by Crippen LogP contribution is -2.22. The molecule has 0 bridgehead atoms. The maximum absolute atomic E-state index is 11.2. The number of nitrogens with one attached hydrogen (secondary N) is 1. The first kappa shape index (κ1) is 10.4. The summed E-state index contributed by atoms with van der Waals surface area (Å²) >= 11 is 0. The first-order chi connectivity index (χ1) is 7.22. The summed E-state index contributed by atoms with van der Waals surface area (Å²) in [6.45, 7) is 1.60. The number of fused-ring (bicyclic) bond motifs is 1. The number of carbonyl (C=O) groups excluding carboxylic acids is 1. The monoisotopic (exact) mass is 199 g/mol. The van der Waals surface area contributed by atoms with Crippen molar-refractivity contribution >= 4 is 13.8 Å². The maximum Gasteiger partial charge on any atom is 0.178 e. The van der Waals surface area contributed by atoms with E-state index in [0.29, 0.717) is 0 Å². The number of Topliss-reactive ketones (excluding diaryl/α,β-unsaturated/α-hetero) is 1. The Morgan fingerprint density at radius 3 is 3.00 bits per heavy atom. The van der Waals surface area contributed by atoms with Crippen molar-refractivity contribution in [2.24, 2.45) is 0 Å². The third-order valence-corrected chi connectivity index (χ3v) is 3.07. The summed E-state index contributed by atoms with van der Waals surface area (Å²) < 4.78 is 0. The molecule has 0 saturated carbocycles. The van der Waals surface area contributed by atoms with E-state index in [9.17, 15) is 4.79 Å². The Bertz CT molecular complexity index is 389. The van der Waals surface area contributed by atoms with Crippen LogP contribution in [0.15, 0.2) is 18.2 Å². The summed E-state index contributed by atoms with van der Waals surface area (Å²) in [6.07, 6.45) is 3.25. The quantitative estimate of drug-likeness (QED) is 0.582. The molecule has 0 amide bonds. The van der Waals surface area contributed by atoms with E-state index in [4.69, 9.17) is 7.98 Å². The SMILES string of the molecule is [B]N[C@@H]1CCCc2cc(C(C)=O)ccc21. The predicted molar refractivity (Wildman–Crippen MR) is 61.0 cm³/mol. The molecule has 2 nitrogen and oxygen atoms in total. The molecule has 0 aliphatic heterocycles. The van der Waals surface area contributed by atoms with E-state index < -0.39 is 0 Å². The van der Waals surface area contributed by atoms with E-state index in [1.165, 1.54) is 11.1 Å². The fourth-order valence-electron chi connectivity index (χ4n) is 2.21. The zero-order chi connectivity index (χ0) is 10.8. The Morgan fingerprint density at radius 2 is 2.33 bits per heavy atom. The molecule has 0 spiro atoms. The van der Waals surface area contributed by atoms with Crippen LogP contribution in [0.5, 0.6) is 0 Å². The molecule has 1 aliphatic carbocycles.